The highest BCUT2D eigenvalue weighted by Gasteiger charge is 2.18. The summed E-state index contributed by atoms with van der Waals surface area (Å²) in [4.78, 5) is 27.4. The predicted molar refractivity (Wildman–Crippen MR) is 114 cm³/mol. The summed E-state index contributed by atoms with van der Waals surface area (Å²) in [6.45, 7) is 3.61. The molecule has 0 radical (unpaired) electrons. The van der Waals surface area contributed by atoms with E-state index in [1.54, 1.807) is 37.5 Å². The minimum Gasteiger partial charge on any atom is -0.466 e. The maximum atomic E-state index is 14.4. The Morgan fingerprint density at radius 3 is 2.68 bits per heavy atom. The van der Waals surface area contributed by atoms with Crippen molar-refractivity contribution in [2.24, 2.45) is 5.16 Å². The van der Waals surface area contributed by atoms with Crippen molar-refractivity contribution >= 4 is 17.6 Å². The lowest BCUT2D eigenvalue weighted by molar-refractivity contribution is -0.143. The van der Waals surface area contributed by atoms with E-state index < -0.39 is 5.82 Å². The van der Waals surface area contributed by atoms with Crippen LogP contribution in [0.5, 0.6) is 0 Å². The summed E-state index contributed by atoms with van der Waals surface area (Å²) in [7, 11) is 0. The molecule has 0 atom stereocenters. The van der Waals surface area contributed by atoms with E-state index in [2.05, 4.69) is 15.1 Å². The number of nitrogens with zero attached hydrogens (tertiary/aromatic N) is 4. The van der Waals surface area contributed by atoms with Gasteiger partial charge in [0, 0.05) is 61.4 Å². The second-order valence-electron chi connectivity index (χ2n) is 7.09. The molecular weight excluding hydrogens is 403 g/mol. The number of esters is 1. The lowest BCUT2D eigenvalue weighted by Crippen LogP contribution is -2.35. The molecule has 0 bridgehead atoms. The van der Waals surface area contributed by atoms with E-state index in [1.807, 2.05) is 4.90 Å². The van der Waals surface area contributed by atoms with Crippen LogP contribution in [0.15, 0.2) is 35.7 Å². The highest BCUT2D eigenvalue weighted by Crippen LogP contribution is 2.25. The van der Waals surface area contributed by atoms with Crippen molar-refractivity contribution < 1.29 is 23.9 Å². The molecule has 1 aliphatic heterocycles. The number of benzene rings is 1. The number of anilines is 1. The van der Waals surface area contributed by atoms with Gasteiger partial charge in [-0.05, 0) is 13.3 Å². The van der Waals surface area contributed by atoms with E-state index in [0.717, 1.165) is 18.6 Å². The van der Waals surface area contributed by atoms with E-state index in [-0.39, 0.29) is 18.1 Å². The number of oxime groups is 1. The van der Waals surface area contributed by atoms with E-state index in [0.29, 0.717) is 56.2 Å². The zero-order valence-corrected chi connectivity index (χ0v) is 17.6. The number of hydrogen-bond acceptors (Lipinski definition) is 8. The second kappa shape index (κ2) is 11.4. The fourth-order valence-electron chi connectivity index (χ4n) is 3.26. The van der Waals surface area contributed by atoms with Gasteiger partial charge >= 0.3 is 5.97 Å². The summed E-state index contributed by atoms with van der Waals surface area (Å²) in [6.07, 6.45) is 5.56. The summed E-state index contributed by atoms with van der Waals surface area (Å²) in [5, 5.41) is 13.4. The Hall–Kier alpha value is -3.07. The number of carbonyl (C=O) groups excluding carboxylic acids is 1. The fraction of sp³-hybridized carbons (Fsp3) is 0.455. The summed E-state index contributed by atoms with van der Waals surface area (Å²) in [5.41, 5.74) is 2.14. The first kappa shape index (κ1) is 22.6. The largest absolute Gasteiger partial charge is 0.466 e. The molecule has 9 heteroatoms. The molecule has 2 heterocycles. The number of aliphatic hydroxyl groups is 1. The molecule has 0 aliphatic carbocycles. The Morgan fingerprint density at radius 2 is 2.00 bits per heavy atom. The van der Waals surface area contributed by atoms with Crippen LogP contribution in [0.4, 0.5) is 10.3 Å². The van der Waals surface area contributed by atoms with Gasteiger partial charge in [0.1, 0.15) is 12.4 Å². The number of halogens is 1. The Bertz CT molecular complexity index is 895. The number of ether oxygens (including phenoxy) is 1. The Morgan fingerprint density at radius 1 is 1.26 bits per heavy atom. The van der Waals surface area contributed by atoms with Crippen LogP contribution >= 0.6 is 0 Å². The minimum atomic E-state index is -0.456. The molecule has 1 aromatic heterocycles. The molecule has 0 unspecified atom stereocenters. The third-order valence-electron chi connectivity index (χ3n) is 4.94. The zero-order chi connectivity index (χ0) is 22.1. The van der Waals surface area contributed by atoms with E-state index in [4.69, 9.17) is 9.57 Å². The van der Waals surface area contributed by atoms with Crippen LogP contribution in [0, 0.1) is 5.82 Å². The number of rotatable bonds is 9. The van der Waals surface area contributed by atoms with Gasteiger partial charge in [0.2, 0.25) is 5.95 Å². The number of piperidine rings is 1. The van der Waals surface area contributed by atoms with Crippen LogP contribution < -0.4 is 4.90 Å². The van der Waals surface area contributed by atoms with E-state index in [1.165, 1.54) is 0 Å². The van der Waals surface area contributed by atoms with Crippen LogP contribution in [0.25, 0.3) is 11.1 Å². The lowest BCUT2D eigenvalue weighted by atomic mass is 10.1. The van der Waals surface area contributed by atoms with Crippen LogP contribution in [0.3, 0.4) is 0 Å². The summed E-state index contributed by atoms with van der Waals surface area (Å²) >= 11 is 0. The first-order valence-electron chi connectivity index (χ1n) is 10.4. The monoisotopic (exact) mass is 430 g/mol. The van der Waals surface area contributed by atoms with E-state index >= 15 is 0 Å². The summed E-state index contributed by atoms with van der Waals surface area (Å²) in [5.74, 6) is -0.0961. The highest BCUT2D eigenvalue weighted by atomic mass is 19.1. The van der Waals surface area contributed by atoms with Crippen molar-refractivity contribution in [3.63, 3.8) is 0 Å². The van der Waals surface area contributed by atoms with Gasteiger partial charge < -0.3 is 19.6 Å². The molecule has 1 aliphatic rings. The molecule has 1 saturated heterocycles. The maximum Gasteiger partial charge on any atom is 0.305 e. The standard InChI is InChI=1S/C22H27FN4O4/c1-2-30-20(29)7-4-12-31-26-18-8-10-27(11-9-18)22-24-13-17(14-25-22)19-6-3-5-16(15-28)21(19)23/h3,5-6,13-14,28H,2,4,7-12,15H2,1H3. The second-order valence-corrected chi connectivity index (χ2v) is 7.09. The zero-order valence-electron chi connectivity index (χ0n) is 17.6. The van der Waals surface area contributed by atoms with Gasteiger partial charge in [0.05, 0.1) is 18.9 Å². The average Bonchev–Trinajstić information content (AvgIpc) is 2.80. The Labute approximate surface area is 180 Å². The van der Waals surface area contributed by atoms with Crippen LogP contribution in [-0.4, -0.2) is 53.1 Å². The number of carbonyl (C=O) groups is 1. The SMILES string of the molecule is CCOC(=O)CCCON=C1CCN(c2ncc(-c3cccc(CO)c3F)cn2)CC1. The van der Waals surface area contributed by atoms with Crippen molar-refractivity contribution in [3.8, 4) is 11.1 Å². The maximum absolute atomic E-state index is 14.4. The smallest absolute Gasteiger partial charge is 0.305 e. The van der Waals surface area contributed by atoms with Gasteiger partial charge in [-0.15, -0.1) is 0 Å². The molecule has 2 aromatic rings. The van der Waals surface area contributed by atoms with Gasteiger partial charge in [-0.2, -0.15) is 0 Å². The Balaban J connectivity index is 1.48. The quantitative estimate of drug-likeness (QED) is 0.371. The van der Waals surface area contributed by atoms with Gasteiger partial charge in [0.25, 0.3) is 0 Å². The van der Waals surface area contributed by atoms with Gasteiger partial charge in [-0.25, -0.2) is 14.4 Å². The normalized spacial score (nSPS) is 13.8. The van der Waals surface area contributed by atoms with Crippen LogP contribution in [-0.2, 0) is 21.0 Å². The van der Waals surface area contributed by atoms with Gasteiger partial charge in [0.15, 0.2) is 0 Å². The average molecular weight is 430 g/mol. The van der Waals surface area contributed by atoms with Crippen molar-refractivity contribution in [2.45, 2.75) is 39.2 Å². The molecule has 8 nitrogen and oxygen atoms in total. The molecule has 166 valence electrons. The molecule has 1 aromatic carbocycles. The fourth-order valence-corrected chi connectivity index (χ4v) is 3.26. The van der Waals surface area contributed by atoms with Crippen molar-refractivity contribution in [3.05, 3.63) is 42.0 Å². The molecule has 0 saturated carbocycles. The van der Waals surface area contributed by atoms with Crippen molar-refractivity contribution in [1.29, 1.82) is 0 Å². The van der Waals surface area contributed by atoms with E-state index in [9.17, 15) is 14.3 Å². The van der Waals surface area contributed by atoms with Crippen molar-refractivity contribution in [2.75, 3.05) is 31.2 Å². The first-order chi connectivity index (χ1) is 15.1. The van der Waals surface area contributed by atoms with Gasteiger partial charge in [-0.1, -0.05) is 23.4 Å². The molecule has 0 amide bonds. The summed E-state index contributed by atoms with van der Waals surface area (Å²) in [6, 6.07) is 4.89. The van der Waals surface area contributed by atoms with Crippen LogP contribution in [0.1, 0.15) is 38.2 Å². The molecule has 3 rings (SSSR count). The summed E-state index contributed by atoms with van der Waals surface area (Å²) < 4.78 is 19.3. The predicted octanol–water partition coefficient (Wildman–Crippen LogP) is 3.09. The highest BCUT2D eigenvalue weighted by molar-refractivity contribution is 5.86. The molecular formula is C22H27FN4O4. The third kappa shape index (κ3) is 6.21. The molecule has 1 N–H and O–H groups in total. The molecule has 0 spiro atoms. The lowest BCUT2D eigenvalue weighted by Gasteiger charge is -2.27. The topological polar surface area (TPSA) is 97.1 Å². The number of aromatic nitrogens is 2. The number of hydrogen-bond donors (Lipinski definition) is 1. The third-order valence-corrected chi connectivity index (χ3v) is 4.94. The molecule has 31 heavy (non-hydrogen) atoms. The molecule has 1 fully saturated rings. The minimum absolute atomic E-state index is 0.220. The van der Waals surface area contributed by atoms with Crippen LogP contribution in [0.2, 0.25) is 0 Å². The first-order valence-corrected chi connectivity index (χ1v) is 10.4. The Kier molecular flexibility index (Phi) is 8.28. The van der Waals surface area contributed by atoms with Gasteiger partial charge in [-0.3, -0.25) is 4.79 Å². The van der Waals surface area contributed by atoms with Crippen molar-refractivity contribution in [1.82, 2.24) is 9.97 Å². The number of aliphatic hydroxyl groups excluding tert-OH is 1.